The Bertz CT molecular complexity index is 420. The lowest BCUT2D eigenvalue weighted by Crippen LogP contribution is -2.24. The van der Waals surface area contributed by atoms with E-state index in [1.54, 1.807) is 0 Å². The van der Waals surface area contributed by atoms with Crippen LogP contribution in [0.3, 0.4) is 0 Å². The molecule has 0 fully saturated rings. The van der Waals surface area contributed by atoms with Gasteiger partial charge in [0.15, 0.2) is 0 Å². The van der Waals surface area contributed by atoms with Gasteiger partial charge in [-0.2, -0.15) is 5.26 Å². The molecule has 104 valence electrons. The van der Waals surface area contributed by atoms with Gasteiger partial charge in [-0.25, -0.2) is 0 Å². The Morgan fingerprint density at radius 1 is 1.21 bits per heavy atom. The van der Waals surface area contributed by atoms with E-state index in [0.717, 1.165) is 24.9 Å². The predicted molar refractivity (Wildman–Crippen MR) is 81.0 cm³/mol. The molecule has 1 aromatic rings. The number of benzene rings is 1. The van der Waals surface area contributed by atoms with Gasteiger partial charge >= 0.3 is 0 Å². The molecular weight excluding hydrogens is 232 g/mol. The number of hydrogen-bond acceptors (Lipinski definition) is 2. The van der Waals surface area contributed by atoms with Crippen LogP contribution >= 0.6 is 0 Å². The maximum absolute atomic E-state index is 9.39. The number of unbranched alkanes of at least 4 members (excludes halogenated alkanes) is 1. The van der Waals surface area contributed by atoms with Crippen LogP contribution in [0.15, 0.2) is 24.3 Å². The molecule has 0 aromatic heterocycles. The summed E-state index contributed by atoms with van der Waals surface area (Å²) in [6, 6.07) is 10.8. The summed E-state index contributed by atoms with van der Waals surface area (Å²) in [6.45, 7) is 9.76. The van der Waals surface area contributed by atoms with Gasteiger partial charge in [0.2, 0.25) is 0 Å². The van der Waals surface area contributed by atoms with E-state index in [4.69, 9.17) is 0 Å². The van der Waals surface area contributed by atoms with Crippen molar-refractivity contribution in [3.8, 4) is 6.07 Å². The molecule has 0 saturated heterocycles. The van der Waals surface area contributed by atoms with Crippen molar-refractivity contribution in [2.24, 2.45) is 0 Å². The minimum absolute atomic E-state index is 0.138. The molecule has 1 unspecified atom stereocenters. The third-order valence-corrected chi connectivity index (χ3v) is 3.52. The molecule has 0 N–H and O–H groups in total. The zero-order valence-electron chi connectivity index (χ0n) is 12.9. The molecule has 0 aliphatic heterocycles. The Kier molecular flexibility index (Phi) is 5.57. The zero-order chi connectivity index (χ0) is 14.5. The third kappa shape index (κ3) is 4.36. The monoisotopic (exact) mass is 258 g/mol. The lowest BCUT2D eigenvalue weighted by atomic mass is 9.86. The Hall–Kier alpha value is -1.33. The summed E-state index contributed by atoms with van der Waals surface area (Å²) in [5.74, 6) is 0. The Morgan fingerprint density at radius 2 is 1.79 bits per heavy atom. The van der Waals surface area contributed by atoms with Crippen molar-refractivity contribution in [2.45, 2.75) is 52.0 Å². The van der Waals surface area contributed by atoms with E-state index in [-0.39, 0.29) is 11.5 Å². The summed E-state index contributed by atoms with van der Waals surface area (Å²) in [6.07, 6.45) is 2.29. The maximum atomic E-state index is 9.39. The van der Waals surface area contributed by atoms with Crippen LogP contribution in [0.5, 0.6) is 0 Å². The van der Waals surface area contributed by atoms with Crippen molar-refractivity contribution < 1.29 is 0 Å². The first-order valence-electron chi connectivity index (χ1n) is 7.10. The highest BCUT2D eigenvalue weighted by atomic mass is 15.1. The fourth-order valence-electron chi connectivity index (χ4n) is 2.13. The summed E-state index contributed by atoms with van der Waals surface area (Å²) >= 11 is 0. The van der Waals surface area contributed by atoms with Crippen LogP contribution in [0.2, 0.25) is 0 Å². The minimum Gasteiger partial charge on any atom is -0.287 e. The lowest BCUT2D eigenvalue weighted by Gasteiger charge is -2.24. The van der Waals surface area contributed by atoms with Gasteiger partial charge in [0, 0.05) is 0 Å². The van der Waals surface area contributed by atoms with Gasteiger partial charge < -0.3 is 0 Å². The number of hydrogen-bond donors (Lipinski definition) is 0. The number of rotatable bonds is 5. The molecule has 19 heavy (non-hydrogen) atoms. The van der Waals surface area contributed by atoms with Crippen molar-refractivity contribution in [1.82, 2.24) is 4.90 Å². The van der Waals surface area contributed by atoms with E-state index in [9.17, 15) is 5.26 Å². The zero-order valence-corrected chi connectivity index (χ0v) is 12.9. The van der Waals surface area contributed by atoms with E-state index in [0.29, 0.717) is 0 Å². The highest BCUT2D eigenvalue weighted by Gasteiger charge is 2.18. The molecule has 0 saturated carbocycles. The molecule has 1 aromatic carbocycles. The molecule has 1 atom stereocenters. The standard InChI is InChI=1S/C17H26N2/c1-6-7-12-19(5)16(13-18)14-8-10-15(11-9-14)17(2,3)4/h8-11,16H,6-7,12H2,1-5H3. The average molecular weight is 258 g/mol. The summed E-state index contributed by atoms with van der Waals surface area (Å²) in [5, 5.41) is 9.39. The van der Waals surface area contributed by atoms with Crippen molar-refractivity contribution in [3.05, 3.63) is 35.4 Å². The minimum atomic E-state index is -0.138. The quantitative estimate of drug-likeness (QED) is 0.788. The Labute approximate surface area is 118 Å². The maximum Gasteiger partial charge on any atom is 0.123 e. The smallest absolute Gasteiger partial charge is 0.123 e. The molecule has 1 rings (SSSR count). The third-order valence-electron chi connectivity index (χ3n) is 3.52. The first-order valence-corrected chi connectivity index (χ1v) is 7.10. The Balaban J connectivity index is 2.86. The van der Waals surface area contributed by atoms with E-state index in [1.165, 1.54) is 5.56 Å². The van der Waals surface area contributed by atoms with Gasteiger partial charge in [-0.05, 0) is 36.6 Å². The summed E-state index contributed by atoms with van der Waals surface area (Å²) in [5.41, 5.74) is 2.56. The normalized spacial score (nSPS) is 13.3. The summed E-state index contributed by atoms with van der Waals surface area (Å²) < 4.78 is 0. The highest BCUT2D eigenvalue weighted by molar-refractivity contribution is 5.31. The summed E-state index contributed by atoms with van der Waals surface area (Å²) in [7, 11) is 2.03. The summed E-state index contributed by atoms with van der Waals surface area (Å²) in [4.78, 5) is 2.13. The molecule has 2 nitrogen and oxygen atoms in total. The van der Waals surface area contributed by atoms with Crippen LogP contribution in [0.25, 0.3) is 0 Å². The largest absolute Gasteiger partial charge is 0.287 e. The van der Waals surface area contributed by atoms with Gasteiger partial charge in [-0.15, -0.1) is 0 Å². The molecule has 0 bridgehead atoms. The van der Waals surface area contributed by atoms with Gasteiger partial charge in [0.1, 0.15) is 6.04 Å². The molecule has 0 heterocycles. The SMILES string of the molecule is CCCCN(C)C(C#N)c1ccc(C(C)(C)C)cc1. The van der Waals surface area contributed by atoms with Crippen molar-refractivity contribution in [3.63, 3.8) is 0 Å². The van der Waals surface area contributed by atoms with Crippen LogP contribution in [0, 0.1) is 11.3 Å². The van der Waals surface area contributed by atoms with E-state index >= 15 is 0 Å². The van der Waals surface area contributed by atoms with Gasteiger partial charge in [0.05, 0.1) is 6.07 Å². The molecule has 0 amide bonds. The van der Waals surface area contributed by atoms with Crippen molar-refractivity contribution >= 4 is 0 Å². The van der Waals surface area contributed by atoms with Crippen LogP contribution in [0.4, 0.5) is 0 Å². The molecule has 0 radical (unpaired) electrons. The molecule has 2 heteroatoms. The fourth-order valence-corrected chi connectivity index (χ4v) is 2.13. The number of nitrogens with zero attached hydrogens (tertiary/aromatic N) is 2. The van der Waals surface area contributed by atoms with Crippen LogP contribution in [-0.4, -0.2) is 18.5 Å². The van der Waals surface area contributed by atoms with Crippen LogP contribution < -0.4 is 0 Å². The van der Waals surface area contributed by atoms with Crippen LogP contribution in [-0.2, 0) is 5.41 Å². The average Bonchev–Trinajstić information content (AvgIpc) is 2.37. The van der Waals surface area contributed by atoms with E-state index < -0.39 is 0 Å². The predicted octanol–water partition coefficient (Wildman–Crippen LogP) is 4.28. The molecule has 0 spiro atoms. The molecular formula is C17H26N2. The second-order valence-electron chi connectivity index (χ2n) is 6.24. The Morgan fingerprint density at radius 3 is 2.21 bits per heavy atom. The highest BCUT2D eigenvalue weighted by Crippen LogP contribution is 2.25. The fraction of sp³-hybridized carbons (Fsp3) is 0.588. The molecule has 0 aliphatic carbocycles. The second-order valence-corrected chi connectivity index (χ2v) is 6.24. The first kappa shape index (κ1) is 15.7. The lowest BCUT2D eigenvalue weighted by molar-refractivity contribution is 0.286. The topological polar surface area (TPSA) is 27.0 Å². The van der Waals surface area contributed by atoms with Crippen molar-refractivity contribution in [1.29, 1.82) is 5.26 Å². The molecule has 0 aliphatic rings. The van der Waals surface area contributed by atoms with E-state index in [1.807, 2.05) is 7.05 Å². The van der Waals surface area contributed by atoms with Crippen LogP contribution in [0.1, 0.15) is 57.7 Å². The first-order chi connectivity index (χ1) is 8.90. The second kappa shape index (κ2) is 6.73. The number of nitriles is 1. The van der Waals surface area contributed by atoms with Gasteiger partial charge in [-0.3, -0.25) is 4.90 Å². The van der Waals surface area contributed by atoms with Gasteiger partial charge in [-0.1, -0.05) is 58.4 Å². The van der Waals surface area contributed by atoms with Gasteiger partial charge in [0.25, 0.3) is 0 Å². The van der Waals surface area contributed by atoms with E-state index in [2.05, 4.69) is 62.9 Å². The van der Waals surface area contributed by atoms with Crippen molar-refractivity contribution in [2.75, 3.05) is 13.6 Å².